The topological polar surface area (TPSA) is 81.8 Å². The molecule has 0 unspecified atom stereocenters. The molecular formula is C16H23NO4. The van der Waals surface area contributed by atoms with Crippen LogP contribution in [0.3, 0.4) is 0 Å². The molecule has 0 aliphatic heterocycles. The van der Waals surface area contributed by atoms with Gasteiger partial charge < -0.3 is 20.3 Å². The summed E-state index contributed by atoms with van der Waals surface area (Å²) in [6.45, 7) is 0.439. The molecule has 0 aromatic heterocycles. The van der Waals surface area contributed by atoms with E-state index in [4.69, 9.17) is 15.2 Å². The lowest BCUT2D eigenvalue weighted by Crippen LogP contribution is -2.37. The summed E-state index contributed by atoms with van der Waals surface area (Å²) in [6, 6.07) is 3.19. The number of esters is 1. The number of phenolic OH excluding ortho intramolecular Hbond substituents is 1. The zero-order chi connectivity index (χ0) is 15.5. The molecule has 0 heterocycles. The Hall–Kier alpha value is -1.75. The van der Waals surface area contributed by atoms with Crippen molar-refractivity contribution in [3.63, 3.8) is 0 Å². The van der Waals surface area contributed by atoms with Gasteiger partial charge in [0.1, 0.15) is 0 Å². The smallest absolute Gasteiger partial charge is 0.337 e. The number of hydrogen-bond donors (Lipinski definition) is 2. The fraction of sp³-hybridized carbons (Fsp3) is 0.562. The highest BCUT2D eigenvalue weighted by Gasteiger charge is 2.36. The Morgan fingerprint density at radius 2 is 1.95 bits per heavy atom. The van der Waals surface area contributed by atoms with Gasteiger partial charge in [-0.15, -0.1) is 0 Å². The van der Waals surface area contributed by atoms with Crippen LogP contribution in [0, 0.1) is 0 Å². The lowest BCUT2D eigenvalue weighted by molar-refractivity contribution is 0.0600. The molecule has 0 amide bonds. The van der Waals surface area contributed by atoms with Crippen molar-refractivity contribution in [3.8, 4) is 11.5 Å². The Labute approximate surface area is 125 Å². The van der Waals surface area contributed by atoms with Crippen molar-refractivity contribution in [2.45, 2.75) is 37.5 Å². The van der Waals surface area contributed by atoms with E-state index >= 15 is 0 Å². The van der Waals surface area contributed by atoms with Gasteiger partial charge in [0, 0.05) is 17.5 Å². The fourth-order valence-electron chi connectivity index (χ4n) is 3.22. The Morgan fingerprint density at radius 3 is 2.48 bits per heavy atom. The third kappa shape index (κ3) is 2.83. The largest absolute Gasteiger partial charge is 0.504 e. The third-order valence-electron chi connectivity index (χ3n) is 4.49. The molecule has 1 aliphatic rings. The first-order valence-corrected chi connectivity index (χ1v) is 7.28. The number of benzene rings is 1. The zero-order valence-corrected chi connectivity index (χ0v) is 12.6. The standard InChI is InChI=1S/C16H23NO4/c1-20-13-9-11(15(19)21-2)8-12(14(13)18)16(10-17)6-4-3-5-7-16/h8-9,18H,3-7,10,17H2,1-2H3. The first-order chi connectivity index (χ1) is 10.1. The molecule has 0 radical (unpaired) electrons. The van der Waals surface area contributed by atoms with Crippen LogP contribution in [0.2, 0.25) is 0 Å². The van der Waals surface area contributed by atoms with Crippen molar-refractivity contribution in [2.24, 2.45) is 5.73 Å². The van der Waals surface area contributed by atoms with Gasteiger partial charge in [-0.2, -0.15) is 0 Å². The van der Waals surface area contributed by atoms with Crippen molar-refractivity contribution in [3.05, 3.63) is 23.3 Å². The van der Waals surface area contributed by atoms with E-state index in [1.54, 1.807) is 6.07 Å². The molecular weight excluding hydrogens is 270 g/mol. The van der Waals surface area contributed by atoms with E-state index in [1.807, 2.05) is 0 Å². The van der Waals surface area contributed by atoms with Crippen molar-refractivity contribution >= 4 is 5.97 Å². The Kier molecular flexibility index (Phi) is 4.73. The molecule has 0 spiro atoms. The summed E-state index contributed by atoms with van der Waals surface area (Å²) < 4.78 is 9.98. The summed E-state index contributed by atoms with van der Waals surface area (Å²) in [7, 11) is 2.80. The van der Waals surface area contributed by atoms with Gasteiger partial charge in [0.25, 0.3) is 0 Å². The number of methoxy groups -OCH3 is 2. The molecule has 1 aliphatic carbocycles. The van der Waals surface area contributed by atoms with E-state index in [1.165, 1.54) is 26.7 Å². The quantitative estimate of drug-likeness (QED) is 0.833. The van der Waals surface area contributed by atoms with Crippen LogP contribution in [0.25, 0.3) is 0 Å². The van der Waals surface area contributed by atoms with Gasteiger partial charge in [-0.1, -0.05) is 19.3 Å². The maximum absolute atomic E-state index is 11.8. The van der Waals surface area contributed by atoms with E-state index in [0.717, 1.165) is 25.7 Å². The summed E-state index contributed by atoms with van der Waals surface area (Å²) in [5.74, 6) is -0.0821. The van der Waals surface area contributed by atoms with Crippen molar-refractivity contribution in [1.82, 2.24) is 0 Å². The minimum Gasteiger partial charge on any atom is -0.504 e. The predicted molar refractivity (Wildman–Crippen MR) is 79.8 cm³/mol. The number of nitrogens with two attached hydrogens (primary N) is 1. The van der Waals surface area contributed by atoms with E-state index in [2.05, 4.69) is 0 Å². The molecule has 21 heavy (non-hydrogen) atoms. The number of hydrogen-bond acceptors (Lipinski definition) is 5. The number of phenols is 1. The maximum Gasteiger partial charge on any atom is 0.337 e. The second kappa shape index (κ2) is 6.35. The molecule has 1 aromatic carbocycles. The van der Waals surface area contributed by atoms with Crippen LogP contribution in [0.4, 0.5) is 0 Å². The number of carbonyl (C=O) groups excluding carboxylic acids is 1. The fourth-order valence-corrected chi connectivity index (χ4v) is 3.22. The Balaban J connectivity index is 2.57. The highest BCUT2D eigenvalue weighted by Crippen LogP contribution is 2.46. The molecule has 1 aromatic rings. The van der Waals surface area contributed by atoms with Gasteiger partial charge in [-0.3, -0.25) is 0 Å². The molecule has 116 valence electrons. The van der Waals surface area contributed by atoms with Crippen molar-refractivity contribution < 1.29 is 19.4 Å². The monoisotopic (exact) mass is 293 g/mol. The minimum absolute atomic E-state index is 0.0810. The van der Waals surface area contributed by atoms with E-state index in [-0.39, 0.29) is 16.9 Å². The highest BCUT2D eigenvalue weighted by molar-refractivity contribution is 5.90. The number of ether oxygens (including phenoxy) is 2. The molecule has 3 N–H and O–H groups in total. The molecule has 1 saturated carbocycles. The summed E-state index contributed by atoms with van der Waals surface area (Å²) in [5, 5.41) is 10.5. The van der Waals surface area contributed by atoms with Gasteiger partial charge in [-0.25, -0.2) is 4.79 Å². The summed E-state index contributed by atoms with van der Waals surface area (Å²) in [6.07, 6.45) is 5.13. The first kappa shape index (κ1) is 15.6. The summed E-state index contributed by atoms with van der Waals surface area (Å²) in [5.41, 5.74) is 6.80. The molecule has 1 fully saturated rings. The van der Waals surface area contributed by atoms with Crippen LogP contribution in [0.5, 0.6) is 11.5 Å². The van der Waals surface area contributed by atoms with E-state index < -0.39 is 5.97 Å². The molecule has 0 saturated heterocycles. The van der Waals surface area contributed by atoms with Crippen LogP contribution in [-0.2, 0) is 10.2 Å². The molecule has 0 bridgehead atoms. The number of carbonyl (C=O) groups is 1. The Morgan fingerprint density at radius 1 is 1.29 bits per heavy atom. The van der Waals surface area contributed by atoms with Crippen LogP contribution < -0.4 is 10.5 Å². The minimum atomic E-state index is -0.447. The van der Waals surface area contributed by atoms with Crippen LogP contribution in [0.1, 0.15) is 48.0 Å². The SMILES string of the molecule is COC(=O)c1cc(OC)c(O)c(C2(CN)CCCCC2)c1. The van der Waals surface area contributed by atoms with Gasteiger partial charge in [0.15, 0.2) is 11.5 Å². The second-order valence-corrected chi connectivity index (χ2v) is 5.61. The van der Waals surface area contributed by atoms with Gasteiger partial charge in [-0.05, 0) is 25.0 Å². The number of aromatic hydroxyl groups is 1. The second-order valence-electron chi connectivity index (χ2n) is 5.61. The normalized spacial score (nSPS) is 17.3. The zero-order valence-electron chi connectivity index (χ0n) is 12.6. The lowest BCUT2D eigenvalue weighted by Gasteiger charge is -2.37. The summed E-state index contributed by atoms with van der Waals surface area (Å²) in [4.78, 5) is 11.8. The van der Waals surface area contributed by atoms with Gasteiger partial charge >= 0.3 is 5.97 Å². The van der Waals surface area contributed by atoms with Crippen LogP contribution in [-0.4, -0.2) is 31.8 Å². The van der Waals surface area contributed by atoms with Gasteiger partial charge in [0.2, 0.25) is 0 Å². The van der Waals surface area contributed by atoms with Crippen LogP contribution in [0.15, 0.2) is 12.1 Å². The highest BCUT2D eigenvalue weighted by atomic mass is 16.5. The average Bonchev–Trinajstić information content (AvgIpc) is 2.54. The van der Waals surface area contributed by atoms with Crippen molar-refractivity contribution in [2.75, 3.05) is 20.8 Å². The first-order valence-electron chi connectivity index (χ1n) is 7.28. The molecule has 0 atom stereocenters. The number of rotatable bonds is 4. The predicted octanol–water partition coefficient (Wildman–Crippen LogP) is 2.35. The lowest BCUT2D eigenvalue weighted by atomic mass is 9.69. The molecule has 2 rings (SSSR count). The molecule has 5 heteroatoms. The third-order valence-corrected chi connectivity index (χ3v) is 4.49. The summed E-state index contributed by atoms with van der Waals surface area (Å²) >= 11 is 0. The Bertz CT molecular complexity index is 521. The molecule has 5 nitrogen and oxygen atoms in total. The van der Waals surface area contributed by atoms with E-state index in [9.17, 15) is 9.90 Å². The van der Waals surface area contributed by atoms with E-state index in [0.29, 0.717) is 17.7 Å². The van der Waals surface area contributed by atoms with Crippen molar-refractivity contribution in [1.29, 1.82) is 0 Å². The average molecular weight is 293 g/mol. The maximum atomic E-state index is 11.8. The van der Waals surface area contributed by atoms with Crippen LogP contribution >= 0.6 is 0 Å². The van der Waals surface area contributed by atoms with Gasteiger partial charge in [0.05, 0.1) is 19.8 Å².